The second-order valence-electron chi connectivity index (χ2n) is 6.54. The third-order valence-corrected chi connectivity index (χ3v) is 4.45. The van der Waals surface area contributed by atoms with Crippen LogP contribution in [0.3, 0.4) is 0 Å². The second-order valence-corrected chi connectivity index (χ2v) is 6.54. The molecule has 0 saturated carbocycles. The van der Waals surface area contributed by atoms with Gasteiger partial charge < -0.3 is 9.30 Å². The standard InChI is InChI=1S/C23H20FNO4/c1-3-29-22(27)11-7-16-6-10-21-19(12-16)23(28)20(15(2)26)14-25(21)13-17-4-8-18(24)9-5-17/h4-12,14H,3,13H2,1-2H3/b11-7+. The average Bonchev–Trinajstić information content (AvgIpc) is 2.70. The predicted molar refractivity (Wildman–Crippen MR) is 109 cm³/mol. The molecule has 0 N–H and O–H groups in total. The molecule has 0 aliphatic carbocycles. The average molecular weight is 393 g/mol. The lowest BCUT2D eigenvalue weighted by atomic mass is 10.1. The molecule has 0 fully saturated rings. The third kappa shape index (κ3) is 4.66. The van der Waals surface area contributed by atoms with Crippen molar-refractivity contribution in [2.45, 2.75) is 20.4 Å². The van der Waals surface area contributed by atoms with Gasteiger partial charge >= 0.3 is 5.97 Å². The van der Waals surface area contributed by atoms with E-state index in [2.05, 4.69) is 0 Å². The van der Waals surface area contributed by atoms with E-state index in [0.717, 1.165) is 5.56 Å². The molecule has 29 heavy (non-hydrogen) atoms. The Balaban J connectivity index is 2.10. The lowest BCUT2D eigenvalue weighted by Crippen LogP contribution is -2.18. The van der Waals surface area contributed by atoms with Crippen molar-refractivity contribution >= 4 is 28.7 Å². The topological polar surface area (TPSA) is 65.4 Å². The van der Waals surface area contributed by atoms with E-state index in [1.54, 1.807) is 47.9 Å². The van der Waals surface area contributed by atoms with Crippen LogP contribution >= 0.6 is 0 Å². The number of ketones is 1. The van der Waals surface area contributed by atoms with Crippen LogP contribution < -0.4 is 5.43 Å². The molecule has 0 aliphatic rings. The van der Waals surface area contributed by atoms with Crippen molar-refractivity contribution in [3.05, 3.63) is 87.5 Å². The van der Waals surface area contributed by atoms with Crippen LogP contribution in [-0.2, 0) is 16.1 Å². The van der Waals surface area contributed by atoms with Crippen molar-refractivity contribution < 1.29 is 18.7 Å². The number of carbonyl (C=O) groups excluding carboxylic acids is 2. The minimum atomic E-state index is -0.473. The van der Waals surface area contributed by atoms with Crippen LogP contribution in [0.4, 0.5) is 4.39 Å². The Morgan fingerprint density at radius 1 is 1.14 bits per heavy atom. The molecular formula is C23H20FNO4. The zero-order valence-electron chi connectivity index (χ0n) is 16.1. The molecule has 0 bridgehead atoms. The third-order valence-electron chi connectivity index (χ3n) is 4.45. The van der Waals surface area contributed by atoms with Gasteiger partial charge in [0.05, 0.1) is 17.7 Å². The maximum absolute atomic E-state index is 13.2. The SMILES string of the molecule is CCOC(=O)/C=C/c1ccc2c(c1)c(=O)c(C(C)=O)cn2Cc1ccc(F)cc1. The normalized spacial score (nSPS) is 11.1. The van der Waals surface area contributed by atoms with Crippen molar-refractivity contribution in [3.8, 4) is 0 Å². The zero-order valence-corrected chi connectivity index (χ0v) is 16.1. The van der Waals surface area contributed by atoms with E-state index in [9.17, 15) is 18.8 Å². The molecule has 0 spiro atoms. The number of pyridine rings is 1. The summed E-state index contributed by atoms with van der Waals surface area (Å²) in [4.78, 5) is 36.3. The Bertz CT molecular complexity index is 1160. The molecule has 0 radical (unpaired) electrons. The highest BCUT2D eigenvalue weighted by Crippen LogP contribution is 2.18. The molecule has 0 aliphatic heterocycles. The predicted octanol–water partition coefficient (Wildman–Crippen LogP) is 3.97. The molecule has 3 aromatic rings. The molecular weight excluding hydrogens is 373 g/mol. The number of rotatable bonds is 6. The largest absolute Gasteiger partial charge is 0.463 e. The number of benzene rings is 2. The minimum absolute atomic E-state index is 0.0751. The van der Waals surface area contributed by atoms with Gasteiger partial charge in [-0.25, -0.2) is 9.18 Å². The number of ether oxygens (including phenoxy) is 1. The molecule has 5 nitrogen and oxygen atoms in total. The molecule has 3 rings (SSSR count). The van der Waals surface area contributed by atoms with E-state index >= 15 is 0 Å². The molecule has 0 unspecified atom stereocenters. The van der Waals surface area contributed by atoms with Crippen molar-refractivity contribution in [3.63, 3.8) is 0 Å². The first-order chi connectivity index (χ1) is 13.9. The van der Waals surface area contributed by atoms with Gasteiger partial charge in [0.15, 0.2) is 11.2 Å². The van der Waals surface area contributed by atoms with E-state index in [-0.39, 0.29) is 29.2 Å². The highest BCUT2D eigenvalue weighted by Gasteiger charge is 2.13. The summed E-state index contributed by atoms with van der Waals surface area (Å²) in [7, 11) is 0. The van der Waals surface area contributed by atoms with Gasteiger partial charge in [0.2, 0.25) is 0 Å². The lowest BCUT2D eigenvalue weighted by Gasteiger charge is -2.13. The number of aromatic nitrogens is 1. The molecule has 1 heterocycles. The van der Waals surface area contributed by atoms with E-state index in [0.29, 0.717) is 23.0 Å². The molecule has 6 heteroatoms. The van der Waals surface area contributed by atoms with Crippen LogP contribution in [-0.4, -0.2) is 22.9 Å². The summed E-state index contributed by atoms with van der Waals surface area (Å²) in [5.41, 5.74) is 1.81. The van der Waals surface area contributed by atoms with Gasteiger partial charge in [0.25, 0.3) is 0 Å². The summed E-state index contributed by atoms with van der Waals surface area (Å²) < 4.78 is 19.8. The monoisotopic (exact) mass is 393 g/mol. The maximum atomic E-state index is 13.2. The first-order valence-corrected chi connectivity index (χ1v) is 9.16. The maximum Gasteiger partial charge on any atom is 0.330 e. The fourth-order valence-electron chi connectivity index (χ4n) is 3.04. The highest BCUT2D eigenvalue weighted by molar-refractivity contribution is 5.97. The highest BCUT2D eigenvalue weighted by atomic mass is 19.1. The molecule has 1 aromatic heterocycles. The van der Waals surface area contributed by atoms with Gasteiger partial charge in [0.1, 0.15) is 5.82 Å². The number of hydrogen-bond acceptors (Lipinski definition) is 4. The first-order valence-electron chi connectivity index (χ1n) is 9.16. The molecule has 148 valence electrons. The second kappa shape index (κ2) is 8.65. The molecule has 2 aromatic carbocycles. The van der Waals surface area contributed by atoms with Gasteiger partial charge in [-0.05, 0) is 55.3 Å². The number of Topliss-reactive ketones (excluding diaryl/α,β-unsaturated/α-hetero) is 1. The van der Waals surface area contributed by atoms with Crippen LogP contribution in [0.2, 0.25) is 0 Å². The van der Waals surface area contributed by atoms with E-state index in [1.807, 2.05) is 0 Å². The van der Waals surface area contributed by atoms with Crippen molar-refractivity contribution in [1.29, 1.82) is 0 Å². The number of hydrogen-bond donors (Lipinski definition) is 0. The van der Waals surface area contributed by atoms with Crippen molar-refractivity contribution in [2.75, 3.05) is 6.61 Å². The molecule has 0 atom stereocenters. The Labute approximate surface area is 167 Å². The van der Waals surface area contributed by atoms with Crippen LogP contribution in [0.15, 0.2) is 59.5 Å². The summed E-state index contributed by atoms with van der Waals surface area (Å²) >= 11 is 0. The molecule has 0 saturated heterocycles. The summed E-state index contributed by atoms with van der Waals surface area (Å²) in [5, 5.41) is 0.367. The fourth-order valence-corrected chi connectivity index (χ4v) is 3.04. The number of carbonyl (C=O) groups is 2. The van der Waals surface area contributed by atoms with Gasteiger partial charge in [-0.2, -0.15) is 0 Å². The van der Waals surface area contributed by atoms with E-state index < -0.39 is 5.97 Å². The quantitative estimate of drug-likeness (QED) is 0.361. The number of esters is 1. The van der Waals surface area contributed by atoms with Crippen LogP contribution in [0.25, 0.3) is 17.0 Å². The van der Waals surface area contributed by atoms with Gasteiger partial charge in [-0.1, -0.05) is 18.2 Å². The van der Waals surface area contributed by atoms with Gasteiger partial charge in [-0.15, -0.1) is 0 Å². The number of halogens is 1. The number of nitrogens with zero attached hydrogens (tertiary/aromatic N) is 1. The lowest BCUT2D eigenvalue weighted by molar-refractivity contribution is -0.137. The summed E-state index contributed by atoms with van der Waals surface area (Å²) in [5.74, 6) is -1.14. The van der Waals surface area contributed by atoms with Crippen molar-refractivity contribution in [2.24, 2.45) is 0 Å². The van der Waals surface area contributed by atoms with Crippen LogP contribution in [0, 0.1) is 5.82 Å². The van der Waals surface area contributed by atoms with E-state index in [4.69, 9.17) is 4.74 Å². The smallest absolute Gasteiger partial charge is 0.330 e. The summed E-state index contributed by atoms with van der Waals surface area (Å²) in [6.45, 7) is 3.70. The molecule has 0 amide bonds. The van der Waals surface area contributed by atoms with Gasteiger partial charge in [0, 0.05) is 24.2 Å². The van der Waals surface area contributed by atoms with Crippen LogP contribution in [0.1, 0.15) is 35.3 Å². The Morgan fingerprint density at radius 2 is 1.86 bits per heavy atom. The van der Waals surface area contributed by atoms with Crippen molar-refractivity contribution in [1.82, 2.24) is 4.57 Å². The Hall–Kier alpha value is -3.54. The minimum Gasteiger partial charge on any atom is -0.463 e. The Kier molecular flexibility index (Phi) is 6.02. The first kappa shape index (κ1) is 20.2. The summed E-state index contributed by atoms with van der Waals surface area (Å²) in [6, 6.07) is 11.2. The zero-order chi connectivity index (χ0) is 21.0. The van der Waals surface area contributed by atoms with Gasteiger partial charge in [-0.3, -0.25) is 9.59 Å². The fraction of sp³-hybridized carbons (Fsp3) is 0.174. The summed E-state index contributed by atoms with van der Waals surface area (Å²) in [6.07, 6.45) is 4.38. The van der Waals surface area contributed by atoms with Crippen LogP contribution in [0.5, 0.6) is 0 Å². The van der Waals surface area contributed by atoms with E-state index in [1.165, 1.54) is 31.3 Å². The number of fused-ring (bicyclic) bond motifs is 1. The Morgan fingerprint density at radius 3 is 2.52 bits per heavy atom.